The minimum atomic E-state index is -0.199. The molecule has 156 valence electrons. The minimum Gasteiger partial charge on any atom is -0.494 e. The van der Waals surface area contributed by atoms with Crippen LogP contribution in [-0.4, -0.2) is 26.7 Å². The quantitative estimate of drug-likeness (QED) is 0.459. The fourth-order valence-electron chi connectivity index (χ4n) is 3.29. The number of ether oxygens (including phenoxy) is 1. The monoisotopic (exact) mass is 408 g/mol. The standard InChI is InChI=1S/C22H24N4O4/c1-2-11-29-17-7-5-16(6-8-17)14-23-21(27)4-3-10-26-22(28)19-13-20-18(9-12-30-20)25(19)15-24-26/h5-9,12-13,15H,2-4,10-11,14H2,1H3,(H,23,27). The molecular formula is C22H24N4O4. The molecule has 30 heavy (non-hydrogen) atoms. The zero-order chi connectivity index (χ0) is 20.9. The number of benzene rings is 1. The largest absolute Gasteiger partial charge is 0.494 e. The van der Waals surface area contributed by atoms with Crippen molar-refractivity contribution >= 4 is 22.5 Å². The number of aromatic nitrogens is 3. The molecule has 4 aromatic rings. The number of nitrogens with one attached hydrogen (secondary N) is 1. The van der Waals surface area contributed by atoms with E-state index < -0.39 is 0 Å². The highest BCUT2D eigenvalue weighted by atomic mass is 16.5. The minimum absolute atomic E-state index is 0.0596. The Hall–Kier alpha value is -3.55. The van der Waals surface area contributed by atoms with E-state index in [1.54, 1.807) is 29.1 Å². The van der Waals surface area contributed by atoms with Gasteiger partial charge in [0.15, 0.2) is 5.58 Å². The number of amides is 1. The van der Waals surface area contributed by atoms with Gasteiger partial charge >= 0.3 is 0 Å². The molecule has 3 heterocycles. The number of hydrogen-bond donors (Lipinski definition) is 1. The average molecular weight is 408 g/mol. The van der Waals surface area contributed by atoms with Crippen molar-refractivity contribution in [3.63, 3.8) is 0 Å². The van der Waals surface area contributed by atoms with E-state index in [1.807, 2.05) is 24.3 Å². The van der Waals surface area contributed by atoms with Gasteiger partial charge in [0, 0.05) is 31.6 Å². The van der Waals surface area contributed by atoms with Gasteiger partial charge in [-0.3, -0.25) is 14.0 Å². The molecule has 0 aliphatic heterocycles. The van der Waals surface area contributed by atoms with Crippen LogP contribution in [0.2, 0.25) is 0 Å². The number of hydrogen-bond acceptors (Lipinski definition) is 5. The molecule has 0 unspecified atom stereocenters. The Bertz CT molecular complexity index is 1200. The summed E-state index contributed by atoms with van der Waals surface area (Å²) in [6, 6.07) is 11.2. The van der Waals surface area contributed by atoms with Crippen LogP contribution in [0.15, 0.2) is 58.2 Å². The number of carbonyl (C=O) groups excluding carboxylic acids is 1. The van der Waals surface area contributed by atoms with E-state index in [0.717, 1.165) is 23.3 Å². The van der Waals surface area contributed by atoms with Gasteiger partial charge in [-0.2, -0.15) is 5.10 Å². The van der Waals surface area contributed by atoms with Crippen molar-refractivity contribution in [2.24, 2.45) is 0 Å². The summed E-state index contributed by atoms with van der Waals surface area (Å²) in [7, 11) is 0. The third kappa shape index (κ3) is 4.22. The SMILES string of the molecule is CCCOc1ccc(CNC(=O)CCCn2ncn3c(cc4occc43)c2=O)cc1. The summed E-state index contributed by atoms with van der Waals surface area (Å²) in [5, 5.41) is 7.11. The van der Waals surface area contributed by atoms with Crippen molar-refractivity contribution in [1.29, 1.82) is 0 Å². The zero-order valence-corrected chi connectivity index (χ0v) is 16.8. The normalized spacial score (nSPS) is 11.2. The summed E-state index contributed by atoms with van der Waals surface area (Å²) in [5.74, 6) is 0.772. The first kappa shape index (κ1) is 19.8. The van der Waals surface area contributed by atoms with Crippen LogP contribution < -0.4 is 15.6 Å². The number of aryl methyl sites for hydroxylation is 1. The van der Waals surface area contributed by atoms with Crippen molar-refractivity contribution in [3.05, 3.63) is 64.9 Å². The molecule has 1 amide bonds. The van der Waals surface area contributed by atoms with E-state index in [-0.39, 0.29) is 11.5 Å². The van der Waals surface area contributed by atoms with Gasteiger partial charge in [0.25, 0.3) is 5.56 Å². The predicted molar refractivity (Wildman–Crippen MR) is 113 cm³/mol. The molecule has 1 aromatic carbocycles. The van der Waals surface area contributed by atoms with Crippen LogP contribution in [0, 0.1) is 0 Å². The maximum atomic E-state index is 12.6. The van der Waals surface area contributed by atoms with Gasteiger partial charge in [-0.15, -0.1) is 0 Å². The number of furan rings is 1. The first-order valence-electron chi connectivity index (χ1n) is 10.1. The second-order valence-electron chi connectivity index (χ2n) is 7.10. The van der Waals surface area contributed by atoms with Crippen LogP contribution in [0.3, 0.4) is 0 Å². The molecule has 8 nitrogen and oxygen atoms in total. The number of carbonyl (C=O) groups is 1. The lowest BCUT2D eigenvalue weighted by molar-refractivity contribution is -0.121. The Balaban J connectivity index is 1.27. The Morgan fingerprint density at radius 2 is 2.03 bits per heavy atom. The number of nitrogens with zero attached hydrogens (tertiary/aromatic N) is 3. The van der Waals surface area contributed by atoms with E-state index in [1.165, 1.54) is 4.68 Å². The molecule has 0 saturated carbocycles. The van der Waals surface area contributed by atoms with E-state index in [0.29, 0.717) is 43.6 Å². The molecule has 0 radical (unpaired) electrons. The van der Waals surface area contributed by atoms with Gasteiger partial charge in [0.1, 0.15) is 17.6 Å². The molecule has 4 rings (SSSR count). The van der Waals surface area contributed by atoms with Gasteiger partial charge in [-0.1, -0.05) is 19.1 Å². The van der Waals surface area contributed by atoms with E-state index >= 15 is 0 Å². The van der Waals surface area contributed by atoms with Gasteiger partial charge in [-0.25, -0.2) is 4.68 Å². The zero-order valence-electron chi connectivity index (χ0n) is 16.8. The lowest BCUT2D eigenvalue weighted by Gasteiger charge is -2.08. The predicted octanol–water partition coefficient (Wildman–Crippen LogP) is 3.13. The molecule has 0 fully saturated rings. The Morgan fingerprint density at radius 3 is 2.83 bits per heavy atom. The molecule has 0 bridgehead atoms. The first-order valence-corrected chi connectivity index (χ1v) is 10.1. The molecular weight excluding hydrogens is 384 g/mol. The number of fused-ring (bicyclic) bond motifs is 3. The van der Waals surface area contributed by atoms with Crippen LogP contribution >= 0.6 is 0 Å². The fraction of sp³-hybridized carbons (Fsp3) is 0.318. The molecule has 0 aliphatic carbocycles. The van der Waals surface area contributed by atoms with Crippen LogP contribution in [-0.2, 0) is 17.9 Å². The summed E-state index contributed by atoms with van der Waals surface area (Å²) < 4.78 is 14.0. The van der Waals surface area contributed by atoms with Crippen molar-refractivity contribution in [3.8, 4) is 5.75 Å². The van der Waals surface area contributed by atoms with Crippen molar-refractivity contribution in [1.82, 2.24) is 19.5 Å². The first-order chi connectivity index (χ1) is 14.7. The van der Waals surface area contributed by atoms with Crippen molar-refractivity contribution < 1.29 is 13.9 Å². The maximum Gasteiger partial charge on any atom is 0.291 e. The van der Waals surface area contributed by atoms with Crippen molar-refractivity contribution in [2.75, 3.05) is 6.61 Å². The second kappa shape index (κ2) is 8.86. The Kier molecular flexibility index (Phi) is 5.83. The smallest absolute Gasteiger partial charge is 0.291 e. The lowest BCUT2D eigenvalue weighted by Crippen LogP contribution is -2.26. The lowest BCUT2D eigenvalue weighted by atomic mass is 10.2. The molecule has 0 aliphatic rings. The van der Waals surface area contributed by atoms with E-state index in [4.69, 9.17) is 9.15 Å². The maximum absolute atomic E-state index is 12.6. The van der Waals surface area contributed by atoms with Crippen LogP contribution in [0.25, 0.3) is 16.6 Å². The van der Waals surface area contributed by atoms with E-state index in [9.17, 15) is 9.59 Å². The van der Waals surface area contributed by atoms with Gasteiger partial charge in [-0.05, 0) is 30.5 Å². The highest BCUT2D eigenvalue weighted by Gasteiger charge is 2.11. The number of rotatable bonds is 9. The molecule has 3 aromatic heterocycles. The van der Waals surface area contributed by atoms with E-state index in [2.05, 4.69) is 17.3 Å². The second-order valence-corrected chi connectivity index (χ2v) is 7.10. The average Bonchev–Trinajstić information content (AvgIpc) is 3.35. The van der Waals surface area contributed by atoms with Crippen molar-refractivity contribution in [2.45, 2.75) is 39.3 Å². The summed E-state index contributed by atoms with van der Waals surface area (Å²) in [5.41, 5.74) is 2.78. The Labute approximate surface area is 173 Å². The Morgan fingerprint density at radius 1 is 1.20 bits per heavy atom. The van der Waals surface area contributed by atoms with Gasteiger partial charge in [0.2, 0.25) is 5.91 Å². The summed E-state index contributed by atoms with van der Waals surface area (Å²) >= 11 is 0. The van der Waals surface area contributed by atoms with Gasteiger partial charge < -0.3 is 14.5 Å². The van der Waals surface area contributed by atoms with Gasteiger partial charge in [0.05, 0.1) is 18.4 Å². The van der Waals surface area contributed by atoms with Crippen LogP contribution in [0.4, 0.5) is 0 Å². The fourth-order valence-corrected chi connectivity index (χ4v) is 3.29. The summed E-state index contributed by atoms with van der Waals surface area (Å²) in [6.45, 7) is 3.59. The highest BCUT2D eigenvalue weighted by molar-refractivity contribution is 5.81. The topological polar surface area (TPSA) is 90.8 Å². The van der Waals surface area contributed by atoms with Crippen LogP contribution in [0.1, 0.15) is 31.7 Å². The van der Waals surface area contributed by atoms with Crippen LogP contribution in [0.5, 0.6) is 5.75 Å². The highest BCUT2D eigenvalue weighted by Crippen LogP contribution is 2.18. The third-order valence-electron chi connectivity index (χ3n) is 4.88. The summed E-state index contributed by atoms with van der Waals surface area (Å²) in [4.78, 5) is 24.7. The molecule has 0 spiro atoms. The molecule has 1 N–H and O–H groups in total. The molecule has 8 heteroatoms. The summed E-state index contributed by atoms with van der Waals surface area (Å²) in [6.07, 6.45) is 4.99. The molecule has 0 atom stereocenters. The third-order valence-corrected chi connectivity index (χ3v) is 4.88. The molecule has 0 saturated heterocycles.